The van der Waals surface area contributed by atoms with Crippen molar-refractivity contribution in [3.63, 3.8) is 0 Å². The van der Waals surface area contributed by atoms with Gasteiger partial charge < -0.3 is 5.32 Å². The summed E-state index contributed by atoms with van der Waals surface area (Å²) in [6, 6.07) is 0. The van der Waals surface area contributed by atoms with Crippen LogP contribution in [-0.2, 0) is 0 Å². The van der Waals surface area contributed by atoms with Crippen LogP contribution in [0.25, 0.3) is 6.08 Å². The van der Waals surface area contributed by atoms with Crippen molar-refractivity contribution in [1.82, 2.24) is 10.3 Å². The molecule has 1 rings (SSSR count). The molecule has 0 fully saturated rings. The Morgan fingerprint density at radius 3 is 3.08 bits per heavy atom. The molecule has 1 aromatic rings. The average Bonchev–Trinajstić information content (AvgIpc) is 2.45. The van der Waals surface area contributed by atoms with Gasteiger partial charge in [0, 0.05) is 17.6 Å². The van der Waals surface area contributed by atoms with Crippen LogP contribution >= 0.6 is 11.3 Å². The van der Waals surface area contributed by atoms with Crippen molar-refractivity contribution >= 4 is 17.4 Å². The summed E-state index contributed by atoms with van der Waals surface area (Å²) in [5, 5.41) is 6.37. The van der Waals surface area contributed by atoms with Crippen molar-refractivity contribution in [2.24, 2.45) is 0 Å². The maximum atomic E-state index is 4.31. The first-order valence-corrected chi connectivity index (χ1v) is 5.00. The third-order valence-electron chi connectivity index (χ3n) is 1.41. The van der Waals surface area contributed by atoms with Crippen LogP contribution in [-0.4, -0.2) is 18.1 Å². The molecule has 0 radical (unpaired) electrons. The molecule has 0 aliphatic heterocycles. The highest BCUT2D eigenvalue weighted by molar-refractivity contribution is 7.10. The van der Waals surface area contributed by atoms with E-state index in [-0.39, 0.29) is 0 Å². The predicted octanol–water partition coefficient (Wildman–Crippen LogP) is 2.07. The molecule has 12 heavy (non-hydrogen) atoms. The predicted molar refractivity (Wildman–Crippen MR) is 54.4 cm³/mol. The second-order valence-corrected chi connectivity index (χ2v) is 3.43. The third kappa shape index (κ3) is 3.15. The van der Waals surface area contributed by atoms with Crippen LogP contribution in [0.15, 0.2) is 11.5 Å². The van der Waals surface area contributed by atoms with Crippen molar-refractivity contribution in [3.05, 3.63) is 22.2 Å². The zero-order valence-electron chi connectivity index (χ0n) is 7.50. The lowest BCUT2D eigenvalue weighted by molar-refractivity contribution is 0.801. The van der Waals surface area contributed by atoms with Crippen molar-refractivity contribution in [1.29, 1.82) is 0 Å². The summed E-state index contributed by atoms with van der Waals surface area (Å²) in [6.07, 6.45) is 4.15. The fourth-order valence-corrected chi connectivity index (χ4v) is 1.55. The topological polar surface area (TPSA) is 24.9 Å². The average molecular weight is 182 g/mol. The van der Waals surface area contributed by atoms with Gasteiger partial charge >= 0.3 is 0 Å². The Labute approximate surface area is 77.3 Å². The smallest absolute Gasteiger partial charge is 0.116 e. The first-order valence-electron chi connectivity index (χ1n) is 4.12. The number of hydrogen-bond donors (Lipinski definition) is 1. The minimum Gasteiger partial charge on any atom is -0.314 e. The Morgan fingerprint density at radius 1 is 1.67 bits per heavy atom. The summed E-state index contributed by atoms with van der Waals surface area (Å²) in [5.74, 6) is 0. The molecule has 1 aromatic heterocycles. The highest BCUT2D eigenvalue weighted by atomic mass is 32.1. The van der Waals surface area contributed by atoms with Crippen molar-refractivity contribution < 1.29 is 0 Å². The zero-order chi connectivity index (χ0) is 8.81. The number of aromatic nitrogens is 1. The monoisotopic (exact) mass is 182 g/mol. The van der Waals surface area contributed by atoms with E-state index in [0.717, 1.165) is 23.8 Å². The van der Waals surface area contributed by atoms with Crippen LogP contribution < -0.4 is 5.32 Å². The van der Waals surface area contributed by atoms with Crippen LogP contribution in [0.5, 0.6) is 0 Å². The Kier molecular flexibility index (Phi) is 3.97. The number of nitrogens with one attached hydrogen (secondary N) is 1. The van der Waals surface area contributed by atoms with Crippen molar-refractivity contribution in [3.8, 4) is 0 Å². The van der Waals surface area contributed by atoms with Gasteiger partial charge in [-0.1, -0.05) is 13.0 Å². The molecule has 0 aliphatic carbocycles. The molecule has 0 bridgehead atoms. The van der Waals surface area contributed by atoms with E-state index in [0.29, 0.717) is 0 Å². The summed E-state index contributed by atoms with van der Waals surface area (Å²) in [6.45, 7) is 6.05. The van der Waals surface area contributed by atoms with Gasteiger partial charge in [0.05, 0.1) is 0 Å². The molecule has 0 unspecified atom stereocenters. The van der Waals surface area contributed by atoms with Gasteiger partial charge in [0.2, 0.25) is 0 Å². The molecular weight excluding hydrogens is 168 g/mol. The molecule has 2 nitrogen and oxygen atoms in total. The van der Waals surface area contributed by atoms with Gasteiger partial charge in [-0.25, -0.2) is 4.98 Å². The van der Waals surface area contributed by atoms with Crippen molar-refractivity contribution in [2.75, 3.05) is 13.1 Å². The molecule has 3 heteroatoms. The van der Waals surface area contributed by atoms with E-state index in [9.17, 15) is 0 Å². The molecule has 0 aromatic carbocycles. The SMILES string of the molecule is CCNC/C=C/c1nc(C)cs1. The quantitative estimate of drug-likeness (QED) is 0.721. The van der Waals surface area contributed by atoms with E-state index in [2.05, 4.69) is 34.8 Å². The van der Waals surface area contributed by atoms with Gasteiger partial charge in [0.15, 0.2) is 0 Å². The number of thiazole rings is 1. The van der Waals surface area contributed by atoms with E-state index in [1.165, 1.54) is 0 Å². The highest BCUT2D eigenvalue weighted by Gasteiger charge is 1.90. The number of aryl methyl sites for hydroxylation is 1. The maximum absolute atomic E-state index is 4.31. The van der Waals surface area contributed by atoms with Crippen molar-refractivity contribution in [2.45, 2.75) is 13.8 Å². The second-order valence-electron chi connectivity index (χ2n) is 2.54. The van der Waals surface area contributed by atoms with E-state index in [1.54, 1.807) is 11.3 Å². The molecule has 0 saturated carbocycles. The highest BCUT2D eigenvalue weighted by Crippen LogP contribution is 2.09. The normalized spacial score (nSPS) is 11.2. The minimum absolute atomic E-state index is 0.926. The van der Waals surface area contributed by atoms with Crippen LogP contribution in [0.1, 0.15) is 17.6 Å². The van der Waals surface area contributed by atoms with Crippen LogP contribution in [0.4, 0.5) is 0 Å². The molecule has 0 atom stereocenters. The largest absolute Gasteiger partial charge is 0.314 e. The number of rotatable bonds is 4. The third-order valence-corrected chi connectivity index (χ3v) is 2.34. The van der Waals surface area contributed by atoms with Crippen LogP contribution in [0, 0.1) is 6.92 Å². The number of nitrogens with zero attached hydrogens (tertiary/aromatic N) is 1. The number of likely N-dealkylation sites (N-methyl/N-ethyl adjacent to an activating group) is 1. The van der Waals surface area contributed by atoms with Crippen LogP contribution in [0.2, 0.25) is 0 Å². The van der Waals surface area contributed by atoms with Gasteiger partial charge in [-0.2, -0.15) is 0 Å². The molecular formula is C9H14N2S. The van der Waals surface area contributed by atoms with E-state index < -0.39 is 0 Å². The first kappa shape index (κ1) is 9.42. The van der Waals surface area contributed by atoms with E-state index in [1.807, 2.05) is 6.92 Å². The number of hydrogen-bond acceptors (Lipinski definition) is 3. The summed E-state index contributed by atoms with van der Waals surface area (Å²) < 4.78 is 0. The zero-order valence-corrected chi connectivity index (χ0v) is 8.32. The molecule has 1 heterocycles. The lowest BCUT2D eigenvalue weighted by Gasteiger charge is -1.91. The molecule has 0 spiro atoms. The minimum atomic E-state index is 0.926. The summed E-state index contributed by atoms with van der Waals surface area (Å²) in [7, 11) is 0. The second kappa shape index (κ2) is 5.06. The Hall–Kier alpha value is -0.670. The van der Waals surface area contributed by atoms with Gasteiger partial charge in [0.1, 0.15) is 5.01 Å². The summed E-state index contributed by atoms with van der Waals surface area (Å²) >= 11 is 1.68. The summed E-state index contributed by atoms with van der Waals surface area (Å²) in [5.41, 5.74) is 1.10. The molecule has 0 aliphatic rings. The summed E-state index contributed by atoms with van der Waals surface area (Å²) in [4.78, 5) is 4.31. The maximum Gasteiger partial charge on any atom is 0.116 e. The Bertz CT molecular complexity index is 253. The van der Waals surface area contributed by atoms with Gasteiger partial charge in [0.25, 0.3) is 0 Å². The molecule has 0 saturated heterocycles. The van der Waals surface area contributed by atoms with E-state index >= 15 is 0 Å². The van der Waals surface area contributed by atoms with Crippen LogP contribution in [0.3, 0.4) is 0 Å². The standard InChI is InChI=1S/C9H14N2S/c1-3-10-6-4-5-9-11-8(2)7-12-9/h4-5,7,10H,3,6H2,1-2H3/b5-4+. The van der Waals surface area contributed by atoms with Gasteiger partial charge in [-0.15, -0.1) is 11.3 Å². The fraction of sp³-hybridized carbons (Fsp3) is 0.444. The first-order chi connectivity index (χ1) is 5.83. The van der Waals surface area contributed by atoms with Gasteiger partial charge in [-0.3, -0.25) is 0 Å². The van der Waals surface area contributed by atoms with E-state index in [4.69, 9.17) is 0 Å². The Morgan fingerprint density at radius 2 is 2.50 bits per heavy atom. The fourth-order valence-electron chi connectivity index (χ4n) is 0.836. The molecule has 66 valence electrons. The van der Waals surface area contributed by atoms with Gasteiger partial charge in [-0.05, 0) is 19.5 Å². The lowest BCUT2D eigenvalue weighted by atomic mass is 10.5. The molecule has 1 N–H and O–H groups in total. The molecule has 0 amide bonds. The lowest BCUT2D eigenvalue weighted by Crippen LogP contribution is -2.11. The Balaban J connectivity index is 2.36.